The summed E-state index contributed by atoms with van der Waals surface area (Å²) in [6, 6.07) is 3.23. The maximum atomic E-state index is 10.9. The third-order valence-electron chi connectivity index (χ3n) is 1.52. The number of rotatable bonds is 1. The molecule has 0 aliphatic rings. The molecule has 0 radical (unpaired) electrons. The Hall–Kier alpha value is -1.91. The Bertz CT molecular complexity index is 323. The summed E-state index contributed by atoms with van der Waals surface area (Å²) in [4.78, 5) is 26.0. The number of carbonyl (C=O) groups excluding carboxylic acids is 1. The third-order valence-corrected chi connectivity index (χ3v) is 1.52. The van der Waals surface area contributed by atoms with Crippen molar-refractivity contribution in [1.29, 1.82) is 0 Å². The second-order valence-electron chi connectivity index (χ2n) is 2.38. The molecule has 0 saturated carbocycles. The fourth-order valence-electron chi connectivity index (χ4n) is 0.813. The summed E-state index contributed by atoms with van der Waals surface area (Å²) in [5.41, 5.74) is 0.454. The second kappa shape index (κ2) is 3.66. The monoisotopic (exact) mass is 180 g/mol. The normalized spacial score (nSPS) is 9.31. The summed E-state index contributed by atoms with van der Waals surface area (Å²) in [5.74, 6) is -2.46. The molecule has 1 N–H and O–H groups in total. The van der Waals surface area contributed by atoms with Crippen LogP contribution in [-0.2, 0) is 9.59 Å². The van der Waals surface area contributed by atoms with Gasteiger partial charge in [0.1, 0.15) is 0 Å². The lowest BCUT2D eigenvalue weighted by Gasteiger charge is -2.13. The molecule has 5 heteroatoms. The Balaban J connectivity index is 2.86. The number of likely N-dealkylation sites (N-methyl/N-ethyl adjacent to an activating group) is 1. The molecular weight excluding hydrogens is 172 g/mol. The molecule has 1 heterocycles. The van der Waals surface area contributed by atoms with Gasteiger partial charge in [-0.15, -0.1) is 0 Å². The molecule has 1 rings (SSSR count). The minimum absolute atomic E-state index is 0.454. The zero-order valence-corrected chi connectivity index (χ0v) is 6.97. The summed E-state index contributed by atoms with van der Waals surface area (Å²) in [6.45, 7) is 0. The molecule has 68 valence electrons. The molecule has 0 aliphatic heterocycles. The number of anilines is 1. The van der Waals surface area contributed by atoms with Crippen LogP contribution in [0.3, 0.4) is 0 Å². The van der Waals surface area contributed by atoms with Gasteiger partial charge >= 0.3 is 11.9 Å². The van der Waals surface area contributed by atoms with E-state index in [4.69, 9.17) is 5.11 Å². The third kappa shape index (κ3) is 2.02. The van der Waals surface area contributed by atoms with Crippen LogP contribution in [0, 0.1) is 0 Å². The van der Waals surface area contributed by atoms with E-state index in [-0.39, 0.29) is 0 Å². The van der Waals surface area contributed by atoms with Gasteiger partial charge in [-0.05, 0) is 12.1 Å². The van der Waals surface area contributed by atoms with Gasteiger partial charge < -0.3 is 10.0 Å². The van der Waals surface area contributed by atoms with E-state index >= 15 is 0 Å². The maximum absolute atomic E-state index is 10.9. The summed E-state index contributed by atoms with van der Waals surface area (Å²) < 4.78 is 0. The van der Waals surface area contributed by atoms with Crippen LogP contribution in [0.4, 0.5) is 5.69 Å². The van der Waals surface area contributed by atoms with Crippen molar-refractivity contribution in [2.24, 2.45) is 0 Å². The van der Waals surface area contributed by atoms with Gasteiger partial charge in [0.05, 0.1) is 11.9 Å². The van der Waals surface area contributed by atoms with Gasteiger partial charge in [0.2, 0.25) is 0 Å². The molecule has 0 aromatic carbocycles. The molecule has 13 heavy (non-hydrogen) atoms. The first-order chi connectivity index (χ1) is 6.13. The van der Waals surface area contributed by atoms with E-state index in [0.717, 1.165) is 4.90 Å². The number of carboxylic acid groups (broad SMARTS) is 1. The van der Waals surface area contributed by atoms with Crippen LogP contribution in [-0.4, -0.2) is 29.0 Å². The summed E-state index contributed by atoms with van der Waals surface area (Å²) in [6.07, 6.45) is 2.96. The predicted octanol–water partition coefficient (Wildman–Crippen LogP) is 0.129. The quantitative estimate of drug-likeness (QED) is 0.623. The number of hydrogen-bond donors (Lipinski definition) is 1. The molecule has 0 atom stereocenters. The van der Waals surface area contributed by atoms with Gasteiger partial charge in [0, 0.05) is 13.2 Å². The van der Waals surface area contributed by atoms with Gasteiger partial charge in [0.25, 0.3) is 0 Å². The lowest BCUT2D eigenvalue weighted by Crippen LogP contribution is -2.32. The average molecular weight is 180 g/mol. The summed E-state index contributed by atoms with van der Waals surface area (Å²) in [5, 5.41) is 8.40. The Morgan fingerprint density at radius 1 is 1.54 bits per heavy atom. The molecule has 0 bridgehead atoms. The smallest absolute Gasteiger partial charge is 0.394 e. The highest BCUT2D eigenvalue weighted by atomic mass is 16.4. The molecular formula is C8H8N2O3. The molecule has 0 unspecified atom stereocenters. The second-order valence-corrected chi connectivity index (χ2v) is 2.38. The van der Waals surface area contributed by atoms with Crippen molar-refractivity contribution in [2.75, 3.05) is 11.9 Å². The summed E-state index contributed by atoms with van der Waals surface area (Å²) >= 11 is 0. The van der Waals surface area contributed by atoms with Crippen molar-refractivity contribution in [3.05, 3.63) is 24.5 Å². The van der Waals surface area contributed by atoms with Crippen molar-refractivity contribution in [3.63, 3.8) is 0 Å². The number of aromatic nitrogens is 1. The topological polar surface area (TPSA) is 70.5 Å². The highest BCUT2D eigenvalue weighted by Gasteiger charge is 2.18. The molecule has 0 fully saturated rings. The van der Waals surface area contributed by atoms with Gasteiger partial charge in [-0.25, -0.2) is 4.79 Å². The highest BCUT2D eigenvalue weighted by molar-refractivity contribution is 6.37. The van der Waals surface area contributed by atoms with Crippen LogP contribution in [0.15, 0.2) is 24.5 Å². The number of aliphatic carboxylic acids is 1. The first-order valence-electron chi connectivity index (χ1n) is 3.54. The van der Waals surface area contributed by atoms with E-state index in [1.807, 2.05) is 0 Å². The van der Waals surface area contributed by atoms with E-state index in [2.05, 4.69) is 4.98 Å². The van der Waals surface area contributed by atoms with E-state index in [1.165, 1.54) is 13.2 Å². The van der Waals surface area contributed by atoms with Crippen LogP contribution in [0.25, 0.3) is 0 Å². The molecule has 1 aromatic heterocycles. The van der Waals surface area contributed by atoms with E-state index in [9.17, 15) is 9.59 Å². The van der Waals surface area contributed by atoms with Crippen molar-refractivity contribution >= 4 is 17.6 Å². The molecule has 0 saturated heterocycles. The van der Waals surface area contributed by atoms with Crippen molar-refractivity contribution in [2.45, 2.75) is 0 Å². The molecule has 1 amide bonds. The molecule has 0 aliphatic carbocycles. The Kier molecular flexibility index (Phi) is 2.59. The number of hydrogen-bond acceptors (Lipinski definition) is 3. The minimum Gasteiger partial charge on any atom is -0.474 e. The van der Waals surface area contributed by atoms with Gasteiger partial charge in [0.15, 0.2) is 0 Å². The fourth-order valence-corrected chi connectivity index (χ4v) is 0.813. The number of carbonyl (C=O) groups is 2. The first kappa shape index (κ1) is 9.18. The van der Waals surface area contributed by atoms with Crippen molar-refractivity contribution in [3.8, 4) is 0 Å². The fraction of sp³-hybridized carbons (Fsp3) is 0.125. The van der Waals surface area contributed by atoms with E-state index < -0.39 is 11.9 Å². The van der Waals surface area contributed by atoms with Crippen molar-refractivity contribution < 1.29 is 14.7 Å². The van der Waals surface area contributed by atoms with Crippen molar-refractivity contribution in [1.82, 2.24) is 4.98 Å². The molecule has 1 aromatic rings. The van der Waals surface area contributed by atoms with Gasteiger partial charge in [-0.2, -0.15) is 0 Å². The van der Waals surface area contributed by atoms with Crippen LogP contribution in [0.2, 0.25) is 0 Å². The Labute approximate surface area is 74.6 Å². The zero-order valence-electron chi connectivity index (χ0n) is 6.97. The predicted molar refractivity (Wildman–Crippen MR) is 45.3 cm³/mol. The number of pyridine rings is 1. The Morgan fingerprint density at radius 3 is 2.69 bits per heavy atom. The molecule has 5 nitrogen and oxygen atoms in total. The van der Waals surface area contributed by atoms with Crippen LogP contribution in [0.1, 0.15) is 0 Å². The lowest BCUT2D eigenvalue weighted by atomic mass is 10.4. The first-order valence-corrected chi connectivity index (χ1v) is 3.54. The average Bonchev–Trinajstić information content (AvgIpc) is 2.17. The van der Waals surface area contributed by atoms with E-state index in [1.54, 1.807) is 18.3 Å². The molecule has 0 spiro atoms. The maximum Gasteiger partial charge on any atom is 0.394 e. The van der Waals surface area contributed by atoms with Gasteiger partial charge in [-0.1, -0.05) is 0 Å². The van der Waals surface area contributed by atoms with E-state index in [0.29, 0.717) is 5.69 Å². The highest BCUT2D eigenvalue weighted by Crippen LogP contribution is 2.08. The van der Waals surface area contributed by atoms with Crippen LogP contribution >= 0.6 is 0 Å². The number of nitrogens with zero attached hydrogens (tertiary/aromatic N) is 2. The standard InChI is InChI=1S/C8H8N2O3/c1-10(7(11)8(12)13)6-3-2-4-9-5-6/h2-5H,1H3,(H,12,13). The van der Waals surface area contributed by atoms with Gasteiger partial charge in [-0.3, -0.25) is 9.78 Å². The summed E-state index contributed by atoms with van der Waals surface area (Å²) in [7, 11) is 1.38. The number of carboxylic acids is 1. The largest absolute Gasteiger partial charge is 0.474 e. The minimum atomic E-state index is -1.48. The number of amides is 1. The Morgan fingerprint density at radius 2 is 2.23 bits per heavy atom. The SMILES string of the molecule is CN(C(=O)C(=O)O)c1cccnc1. The lowest BCUT2D eigenvalue weighted by molar-refractivity contribution is -0.148. The van der Waals surface area contributed by atoms with Crippen LogP contribution < -0.4 is 4.90 Å². The zero-order chi connectivity index (χ0) is 9.84. The van der Waals surface area contributed by atoms with Crippen LogP contribution in [0.5, 0.6) is 0 Å².